The van der Waals surface area contributed by atoms with Crippen LogP contribution < -0.4 is 4.90 Å². The fourth-order valence-electron chi connectivity index (χ4n) is 5.12. The van der Waals surface area contributed by atoms with Gasteiger partial charge in [-0.1, -0.05) is 12.1 Å². The highest BCUT2D eigenvalue weighted by Crippen LogP contribution is 2.29. The number of para-hydroxylation sites is 2. The molecule has 178 valence electrons. The van der Waals surface area contributed by atoms with E-state index in [1.807, 2.05) is 36.7 Å². The summed E-state index contributed by atoms with van der Waals surface area (Å²) in [7, 11) is 2.03. The molecule has 2 fully saturated rings. The number of aromatic nitrogens is 6. The number of likely N-dealkylation sites (tertiary alicyclic amines) is 1. The third kappa shape index (κ3) is 3.62. The number of ether oxygens (including phenoxy) is 1. The topological polar surface area (TPSA) is 97.4 Å². The molecule has 0 bridgehead atoms. The summed E-state index contributed by atoms with van der Waals surface area (Å²) in [6.07, 6.45) is 1.02. The first-order valence-electron chi connectivity index (χ1n) is 12.0. The summed E-state index contributed by atoms with van der Waals surface area (Å²) >= 11 is 0. The number of aryl methyl sites for hydroxylation is 2. The third-order valence-corrected chi connectivity index (χ3v) is 7.01. The molecule has 2 saturated heterocycles. The molecule has 0 aliphatic carbocycles. The van der Waals surface area contributed by atoms with E-state index in [0.29, 0.717) is 25.1 Å². The van der Waals surface area contributed by atoms with Crippen LogP contribution in [0, 0.1) is 12.8 Å². The average molecular weight is 463 g/mol. The van der Waals surface area contributed by atoms with Crippen molar-refractivity contribution in [1.82, 2.24) is 34.0 Å². The minimum absolute atomic E-state index is 0.243. The fourth-order valence-corrected chi connectivity index (χ4v) is 5.12. The van der Waals surface area contributed by atoms with Crippen molar-refractivity contribution in [3.8, 4) is 5.95 Å². The number of imidazole rings is 2. The Balaban J connectivity index is 1.49. The molecule has 5 heterocycles. The summed E-state index contributed by atoms with van der Waals surface area (Å²) in [5.74, 6) is 3.61. The van der Waals surface area contributed by atoms with Crippen LogP contribution in [0.25, 0.3) is 28.1 Å². The molecular formula is C24H30N8O2. The maximum Gasteiger partial charge on any atom is 0.239 e. The van der Waals surface area contributed by atoms with Crippen LogP contribution in [0.5, 0.6) is 0 Å². The molecule has 2 aliphatic heterocycles. The van der Waals surface area contributed by atoms with Gasteiger partial charge in [0.25, 0.3) is 0 Å². The maximum atomic E-state index is 9.53. The quantitative estimate of drug-likeness (QED) is 0.478. The van der Waals surface area contributed by atoms with Gasteiger partial charge < -0.3 is 19.3 Å². The van der Waals surface area contributed by atoms with Crippen molar-refractivity contribution >= 4 is 28.0 Å². The number of fused-ring (bicyclic) bond motifs is 2. The molecule has 6 rings (SSSR count). The SMILES string of the molecule is Cc1nc2ccccc2n1-c1nc(N2CCOCC2)c2nc(CN3CC[C@@H](CO)C3)n(C)c2n1. The average Bonchev–Trinajstić information content (AvgIpc) is 3.54. The highest BCUT2D eigenvalue weighted by Gasteiger charge is 2.26. The third-order valence-electron chi connectivity index (χ3n) is 7.01. The number of hydrogen-bond donors (Lipinski definition) is 1. The smallest absolute Gasteiger partial charge is 0.239 e. The van der Waals surface area contributed by atoms with E-state index in [-0.39, 0.29) is 6.61 Å². The first kappa shape index (κ1) is 21.5. The van der Waals surface area contributed by atoms with Crippen molar-refractivity contribution in [1.29, 1.82) is 0 Å². The molecule has 0 spiro atoms. The number of morpholine rings is 1. The van der Waals surface area contributed by atoms with Crippen molar-refractivity contribution in [2.45, 2.75) is 19.9 Å². The highest BCUT2D eigenvalue weighted by atomic mass is 16.5. The van der Waals surface area contributed by atoms with Crippen molar-refractivity contribution in [2.75, 3.05) is 50.9 Å². The van der Waals surface area contributed by atoms with Crippen LogP contribution >= 0.6 is 0 Å². The lowest BCUT2D eigenvalue weighted by molar-refractivity contribution is 0.122. The Morgan fingerprint density at radius 2 is 1.88 bits per heavy atom. The molecule has 1 atom stereocenters. The second-order valence-corrected chi connectivity index (χ2v) is 9.26. The van der Waals surface area contributed by atoms with Gasteiger partial charge in [-0.2, -0.15) is 9.97 Å². The summed E-state index contributed by atoms with van der Waals surface area (Å²) in [5, 5.41) is 9.53. The Kier molecular flexibility index (Phi) is 5.43. The van der Waals surface area contributed by atoms with Gasteiger partial charge in [0.1, 0.15) is 11.6 Å². The van der Waals surface area contributed by atoms with Crippen LogP contribution in [0.4, 0.5) is 5.82 Å². The van der Waals surface area contributed by atoms with Gasteiger partial charge in [0, 0.05) is 33.3 Å². The van der Waals surface area contributed by atoms with Gasteiger partial charge in [0.2, 0.25) is 5.95 Å². The van der Waals surface area contributed by atoms with Crippen LogP contribution in [-0.4, -0.2) is 85.1 Å². The first-order valence-corrected chi connectivity index (χ1v) is 12.0. The molecule has 4 aromatic rings. The molecule has 1 N–H and O–H groups in total. The largest absolute Gasteiger partial charge is 0.396 e. The van der Waals surface area contributed by atoms with Gasteiger partial charge in [-0.3, -0.25) is 9.47 Å². The van der Waals surface area contributed by atoms with E-state index >= 15 is 0 Å². The number of benzene rings is 1. The molecule has 34 heavy (non-hydrogen) atoms. The summed E-state index contributed by atoms with van der Waals surface area (Å²) in [6.45, 7) is 7.71. The Bertz CT molecular complexity index is 1340. The summed E-state index contributed by atoms with van der Waals surface area (Å²) < 4.78 is 9.71. The second-order valence-electron chi connectivity index (χ2n) is 9.26. The van der Waals surface area contributed by atoms with Gasteiger partial charge in [-0.15, -0.1) is 0 Å². The number of rotatable bonds is 5. The van der Waals surface area contributed by atoms with Crippen LogP contribution in [-0.2, 0) is 18.3 Å². The number of nitrogens with zero attached hydrogens (tertiary/aromatic N) is 8. The highest BCUT2D eigenvalue weighted by molar-refractivity contribution is 5.86. The van der Waals surface area contributed by atoms with Gasteiger partial charge in [0.05, 0.1) is 30.8 Å². The number of anilines is 1. The molecule has 10 nitrogen and oxygen atoms in total. The molecule has 0 amide bonds. The molecule has 10 heteroatoms. The normalized spacial score (nSPS) is 19.6. The molecule has 1 aromatic carbocycles. The van der Waals surface area contributed by atoms with Crippen LogP contribution in [0.15, 0.2) is 24.3 Å². The van der Waals surface area contributed by atoms with Gasteiger partial charge >= 0.3 is 0 Å². The van der Waals surface area contributed by atoms with Crippen molar-refractivity contribution in [2.24, 2.45) is 13.0 Å². The minimum Gasteiger partial charge on any atom is -0.396 e. The van der Waals surface area contributed by atoms with E-state index in [0.717, 1.165) is 78.8 Å². The summed E-state index contributed by atoms with van der Waals surface area (Å²) in [6, 6.07) is 8.07. The van der Waals surface area contributed by atoms with E-state index in [2.05, 4.69) is 20.4 Å². The van der Waals surface area contributed by atoms with Crippen molar-refractivity contribution < 1.29 is 9.84 Å². The number of aliphatic hydroxyl groups excluding tert-OH is 1. The van der Waals surface area contributed by atoms with Gasteiger partial charge in [-0.25, -0.2) is 9.97 Å². The van der Waals surface area contributed by atoms with Gasteiger partial charge in [-0.05, 0) is 37.9 Å². The van der Waals surface area contributed by atoms with Crippen LogP contribution in [0.1, 0.15) is 18.1 Å². The van der Waals surface area contributed by atoms with Gasteiger partial charge in [0.15, 0.2) is 17.0 Å². The molecule has 0 unspecified atom stereocenters. The summed E-state index contributed by atoms with van der Waals surface area (Å²) in [5.41, 5.74) is 3.55. The maximum absolute atomic E-state index is 9.53. The zero-order valence-corrected chi connectivity index (χ0v) is 19.7. The molecule has 2 aliphatic rings. The van der Waals surface area contributed by atoms with Crippen LogP contribution in [0.3, 0.4) is 0 Å². The van der Waals surface area contributed by atoms with E-state index in [1.165, 1.54) is 0 Å². The Morgan fingerprint density at radius 3 is 2.68 bits per heavy atom. The second kappa shape index (κ2) is 8.61. The summed E-state index contributed by atoms with van der Waals surface area (Å²) in [4.78, 5) is 24.4. The van der Waals surface area contributed by atoms with E-state index in [9.17, 15) is 5.11 Å². The molecule has 0 radical (unpaired) electrons. The first-order chi connectivity index (χ1) is 16.6. The molecule has 3 aromatic heterocycles. The lowest BCUT2D eigenvalue weighted by Crippen LogP contribution is -2.37. The standard InChI is InChI=1S/C24H30N8O2/c1-16-25-18-5-3-4-6-19(18)32(16)24-27-22-21(23(28-24)31-9-11-34-12-10-31)26-20(29(22)2)14-30-8-7-17(13-30)15-33/h3-6,17,33H,7-15H2,1-2H3/t17-/m1/s1. The zero-order chi connectivity index (χ0) is 23.2. The van der Waals surface area contributed by atoms with Crippen molar-refractivity contribution in [3.05, 3.63) is 35.9 Å². The van der Waals surface area contributed by atoms with E-state index < -0.39 is 0 Å². The van der Waals surface area contributed by atoms with Crippen molar-refractivity contribution in [3.63, 3.8) is 0 Å². The molecular weight excluding hydrogens is 432 g/mol. The predicted octanol–water partition coefficient (Wildman–Crippen LogP) is 1.66. The van der Waals surface area contributed by atoms with E-state index in [1.54, 1.807) is 0 Å². The fraction of sp³-hybridized carbons (Fsp3) is 0.500. The Labute approximate surface area is 197 Å². The minimum atomic E-state index is 0.243. The zero-order valence-electron chi connectivity index (χ0n) is 19.7. The van der Waals surface area contributed by atoms with E-state index in [4.69, 9.17) is 24.7 Å². The lowest BCUT2D eigenvalue weighted by atomic mass is 10.1. The number of aliphatic hydroxyl groups is 1. The number of hydrogen-bond acceptors (Lipinski definition) is 8. The van der Waals surface area contributed by atoms with Crippen LogP contribution in [0.2, 0.25) is 0 Å². The predicted molar refractivity (Wildman–Crippen MR) is 129 cm³/mol. The Morgan fingerprint density at radius 1 is 1.06 bits per heavy atom. The lowest BCUT2D eigenvalue weighted by Gasteiger charge is -2.28. The monoisotopic (exact) mass is 462 g/mol. The molecule has 0 saturated carbocycles. The Hall–Kier alpha value is -3.08.